The molecule has 1 aliphatic heterocycles. The van der Waals surface area contributed by atoms with Crippen molar-refractivity contribution in [3.05, 3.63) is 23.8 Å². The van der Waals surface area contributed by atoms with Crippen LogP contribution in [0.5, 0.6) is 11.5 Å². The van der Waals surface area contributed by atoms with Crippen LogP contribution in [0.4, 0.5) is 0 Å². The molecule has 0 aromatic heterocycles. The Hall–Kier alpha value is -2.29. The predicted molar refractivity (Wildman–Crippen MR) is 113 cm³/mol. The van der Waals surface area contributed by atoms with Crippen molar-refractivity contribution < 1.29 is 27.5 Å². The summed E-state index contributed by atoms with van der Waals surface area (Å²) in [6.07, 6.45) is 3.35. The summed E-state index contributed by atoms with van der Waals surface area (Å²) in [4.78, 5) is 28.7. The first kappa shape index (κ1) is 22.4. The average Bonchev–Trinajstić information content (AvgIpc) is 3.33. The SMILES string of the molecule is COc1cc(OC)cc(C(=O)N2CCN(C(=O)CCS(=O)(=O)C3CCCC3)CC2)c1. The number of carbonyl (C=O) groups excluding carboxylic acids is 2. The molecule has 1 saturated heterocycles. The van der Waals surface area contributed by atoms with Crippen molar-refractivity contribution in [3.8, 4) is 11.5 Å². The Balaban J connectivity index is 1.53. The Morgan fingerprint density at radius 2 is 1.47 bits per heavy atom. The van der Waals surface area contributed by atoms with Gasteiger partial charge >= 0.3 is 0 Å². The summed E-state index contributed by atoms with van der Waals surface area (Å²) in [5, 5.41) is -0.278. The van der Waals surface area contributed by atoms with E-state index >= 15 is 0 Å². The monoisotopic (exact) mass is 438 g/mol. The molecule has 1 heterocycles. The van der Waals surface area contributed by atoms with E-state index in [2.05, 4.69) is 0 Å². The Morgan fingerprint density at radius 1 is 0.933 bits per heavy atom. The Bertz CT molecular complexity index is 849. The second-order valence-corrected chi connectivity index (χ2v) is 10.2. The lowest BCUT2D eigenvalue weighted by atomic mass is 10.1. The summed E-state index contributed by atoms with van der Waals surface area (Å²) in [6.45, 7) is 1.60. The molecular formula is C21H30N2O6S. The average molecular weight is 439 g/mol. The van der Waals surface area contributed by atoms with Gasteiger partial charge in [0.25, 0.3) is 5.91 Å². The van der Waals surface area contributed by atoms with Crippen molar-refractivity contribution >= 4 is 21.7 Å². The second kappa shape index (κ2) is 9.68. The number of hydrogen-bond acceptors (Lipinski definition) is 6. The minimum Gasteiger partial charge on any atom is -0.497 e. The maximum absolute atomic E-state index is 12.8. The summed E-state index contributed by atoms with van der Waals surface area (Å²) in [7, 11) is -0.147. The fourth-order valence-corrected chi connectivity index (χ4v) is 5.92. The molecule has 166 valence electrons. The van der Waals surface area contributed by atoms with Gasteiger partial charge in [-0.05, 0) is 25.0 Å². The Labute approximate surface area is 178 Å². The van der Waals surface area contributed by atoms with Crippen LogP contribution in [0, 0.1) is 0 Å². The molecule has 8 nitrogen and oxygen atoms in total. The van der Waals surface area contributed by atoms with E-state index in [0.717, 1.165) is 12.8 Å². The van der Waals surface area contributed by atoms with Crippen LogP contribution in [0.1, 0.15) is 42.5 Å². The maximum atomic E-state index is 12.8. The van der Waals surface area contributed by atoms with Gasteiger partial charge in [-0.25, -0.2) is 8.42 Å². The van der Waals surface area contributed by atoms with Gasteiger partial charge in [-0.2, -0.15) is 0 Å². The topological polar surface area (TPSA) is 93.2 Å². The molecule has 3 rings (SSSR count). The number of amides is 2. The molecule has 1 saturated carbocycles. The van der Waals surface area contributed by atoms with Crippen LogP contribution in [-0.2, 0) is 14.6 Å². The van der Waals surface area contributed by atoms with E-state index in [9.17, 15) is 18.0 Å². The maximum Gasteiger partial charge on any atom is 0.254 e. The third kappa shape index (κ3) is 5.24. The number of nitrogens with zero attached hydrogens (tertiary/aromatic N) is 2. The molecule has 9 heteroatoms. The smallest absolute Gasteiger partial charge is 0.254 e. The Morgan fingerprint density at radius 3 is 2.00 bits per heavy atom. The lowest BCUT2D eigenvalue weighted by Gasteiger charge is -2.35. The van der Waals surface area contributed by atoms with Gasteiger partial charge in [-0.1, -0.05) is 12.8 Å². The molecule has 0 spiro atoms. The number of sulfone groups is 1. The summed E-state index contributed by atoms with van der Waals surface area (Å²) in [5.74, 6) is 0.680. The summed E-state index contributed by atoms with van der Waals surface area (Å²) >= 11 is 0. The molecule has 1 aliphatic carbocycles. The zero-order chi connectivity index (χ0) is 21.7. The van der Waals surface area contributed by atoms with Crippen LogP contribution in [0.15, 0.2) is 18.2 Å². The van der Waals surface area contributed by atoms with Gasteiger partial charge in [0.1, 0.15) is 11.5 Å². The number of hydrogen-bond donors (Lipinski definition) is 0. The predicted octanol–water partition coefficient (Wildman–Crippen LogP) is 1.74. The van der Waals surface area contributed by atoms with Gasteiger partial charge in [0.2, 0.25) is 5.91 Å². The van der Waals surface area contributed by atoms with Crippen molar-refractivity contribution in [2.24, 2.45) is 0 Å². The molecule has 2 aliphatic rings. The standard InChI is InChI=1S/C21H30N2O6S/c1-28-17-13-16(14-18(15-17)29-2)21(25)23-10-8-22(9-11-23)20(24)7-12-30(26,27)19-5-3-4-6-19/h13-15,19H,3-12H2,1-2H3. The number of methoxy groups -OCH3 is 2. The highest BCUT2D eigenvalue weighted by molar-refractivity contribution is 7.92. The van der Waals surface area contributed by atoms with Crippen molar-refractivity contribution in [3.63, 3.8) is 0 Å². The van der Waals surface area contributed by atoms with E-state index in [1.807, 2.05) is 0 Å². The fourth-order valence-electron chi connectivity index (χ4n) is 4.07. The molecule has 0 N–H and O–H groups in total. The minimum atomic E-state index is -3.20. The first-order chi connectivity index (χ1) is 14.3. The van der Waals surface area contributed by atoms with Crippen LogP contribution in [0.25, 0.3) is 0 Å². The van der Waals surface area contributed by atoms with Crippen LogP contribution < -0.4 is 9.47 Å². The number of benzene rings is 1. The molecule has 2 fully saturated rings. The quantitative estimate of drug-likeness (QED) is 0.644. The highest BCUT2D eigenvalue weighted by Gasteiger charge is 2.30. The van der Waals surface area contributed by atoms with Crippen molar-refractivity contribution in [1.29, 1.82) is 0 Å². The largest absolute Gasteiger partial charge is 0.497 e. The van der Waals surface area contributed by atoms with E-state index in [-0.39, 0.29) is 29.2 Å². The molecule has 1 aromatic carbocycles. The van der Waals surface area contributed by atoms with Gasteiger partial charge in [0, 0.05) is 44.2 Å². The minimum absolute atomic E-state index is 0.0138. The van der Waals surface area contributed by atoms with E-state index in [1.165, 1.54) is 14.2 Å². The van der Waals surface area contributed by atoms with Crippen molar-refractivity contribution in [2.45, 2.75) is 37.4 Å². The van der Waals surface area contributed by atoms with Crippen molar-refractivity contribution in [2.75, 3.05) is 46.2 Å². The number of piperazine rings is 1. The van der Waals surface area contributed by atoms with E-state index in [1.54, 1.807) is 28.0 Å². The molecule has 0 bridgehead atoms. The third-order valence-corrected chi connectivity index (χ3v) is 8.19. The highest BCUT2D eigenvalue weighted by Crippen LogP contribution is 2.26. The van der Waals surface area contributed by atoms with Gasteiger partial charge in [-0.3, -0.25) is 9.59 Å². The van der Waals surface area contributed by atoms with E-state index in [4.69, 9.17) is 9.47 Å². The molecule has 1 aromatic rings. The lowest BCUT2D eigenvalue weighted by molar-refractivity contribution is -0.132. The normalized spacial score (nSPS) is 17.8. The first-order valence-electron chi connectivity index (χ1n) is 10.4. The van der Waals surface area contributed by atoms with Crippen LogP contribution in [0.3, 0.4) is 0 Å². The Kier molecular flexibility index (Phi) is 7.23. The molecular weight excluding hydrogens is 408 g/mol. The van der Waals surface area contributed by atoms with Crippen LogP contribution in [-0.4, -0.2) is 81.4 Å². The summed E-state index contributed by atoms with van der Waals surface area (Å²) in [5.41, 5.74) is 0.466. The first-order valence-corrected chi connectivity index (χ1v) is 12.1. The van der Waals surface area contributed by atoms with Gasteiger partial charge < -0.3 is 19.3 Å². The molecule has 0 radical (unpaired) electrons. The van der Waals surface area contributed by atoms with Crippen LogP contribution >= 0.6 is 0 Å². The zero-order valence-corrected chi connectivity index (χ0v) is 18.4. The summed E-state index contributed by atoms with van der Waals surface area (Å²) in [6, 6.07) is 5.03. The second-order valence-electron chi connectivity index (χ2n) is 7.80. The van der Waals surface area contributed by atoms with Gasteiger partial charge in [0.15, 0.2) is 9.84 Å². The number of ether oxygens (including phenoxy) is 2. The molecule has 2 amide bonds. The third-order valence-electron chi connectivity index (χ3n) is 5.93. The number of carbonyl (C=O) groups is 2. The lowest BCUT2D eigenvalue weighted by Crippen LogP contribution is -2.50. The van der Waals surface area contributed by atoms with E-state index < -0.39 is 9.84 Å². The zero-order valence-electron chi connectivity index (χ0n) is 17.6. The van der Waals surface area contributed by atoms with Gasteiger partial charge in [-0.15, -0.1) is 0 Å². The number of rotatable bonds is 7. The fraction of sp³-hybridized carbons (Fsp3) is 0.619. The molecule has 0 unspecified atom stereocenters. The van der Waals surface area contributed by atoms with Crippen LogP contribution in [0.2, 0.25) is 0 Å². The van der Waals surface area contributed by atoms with E-state index in [0.29, 0.717) is 56.1 Å². The molecule has 30 heavy (non-hydrogen) atoms. The van der Waals surface area contributed by atoms with Crippen molar-refractivity contribution in [1.82, 2.24) is 9.80 Å². The molecule has 0 atom stereocenters. The van der Waals surface area contributed by atoms with Gasteiger partial charge in [0.05, 0.1) is 25.2 Å². The summed E-state index contributed by atoms with van der Waals surface area (Å²) < 4.78 is 35.2. The highest BCUT2D eigenvalue weighted by atomic mass is 32.2.